The van der Waals surface area contributed by atoms with Crippen molar-refractivity contribution in [2.45, 2.75) is 46.1 Å². The Labute approximate surface area is 63.4 Å². The standard InChI is InChI=1S/C9H18O/c1-7-5-6-9(4,10)8(7,2)3/h7,10H,5-6H2,1-4H3. The molecule has 0 aromatic rings. The Kier molecular flexibility index (Phi) is 1.59. The van der Waals surface area contributed by atoms with E-state index in [9.17, 15) is 5.11 Å². The van der Waals surface area contributed by atoms with E-state index in [-0.39, 0.29) is 5.41 Å². The van der Waals surface area contributed by atoms with Gasteiger partial charge < -0.3 is 5.11 Å². The molecule has 0 aromatic carbocycles. The van der Waals surface area contributed by atoms with Gasteiger partial charge in [-0.15, -0.1) is 0 Å². The average molecular weight is 142 g/mol. The summed E-state index contributed by atoms with van der Waals surface area (Å²) in [5, 5.41) is 9.89. The highest BCUT2D eigenvalue weighted by Gasteiger charge is 2.48. The van der Waals surface area contributed by atoms with Gasteiger partial charge in [-0.3, -0.25) is 0 Å². The molecule has 1 fully saturated rings. The van der Waals surface area contributed by atoms with Crippen molar-refractivity contribution in [3.05, 3.63) is 0 Å². The summed E-state index contributed by atoms with van der Waals surface area (Å²) >= 11 is 0. The monoisotopic (exact) mass is 142 g/mol. The first kappa shape index (κ1) is 8.06. The fourth-order valence-corrected chi connectivity index (χ4v) is 1.71. The second kappa shape index (κ2) is 1.97. The molecule has 10 heavy (non-hydrogen) atoms. The Morgan fingerprint density at radius 1 is 1.30 bits per heavy atom. The maximum atomic E-state index is 9.89. The van der Waals surface area contributed by atoms with Crippen LogP contribution < -0.4 is 0 Å². The van der Waals surface area contributed by atoms with E-state index in [1.165, 1.54) is 6.42 Å². The zero-order chi connectivity index (χ0) is 7.99. The maximum Gasteiger partial charge on any atom is 0.0673 e. The van der Waals surface area contributed by atoms with Crippen molar-refractivity contribution in [3.63, 3.8) is 0 Å². The van der Waals surface area contributed by atoms with Crippen LogP contribution in [0, 0.1) is 11.3 Å². The van der Waals surface area contributed by atoms with E-state index in [0.29, 0.717) is 5.92 Å². The lowest BCUT2D eigenvalue weighted by Crippen LogP contribution is -2.39. The summed E-state index contributed by atoms with van der Waals surface area (Å²) in [6, 6.07) is 0. The minimum atomic E-state index is -0.438. The molecule has 0 aliphatic heterocycles. The van der Waals surface area contributed by atoms with Gasteiger partial charge in [0.2, 0.25) is 0 Å². The lowest BCUT2D eigenvalue weighted by molar-refractivity contribution is -0.0395. The fraction of sp³-hybridized carbons (Fsp3) is 1.00. The zero-order valence-corrected chi connectivity index (χ0v) is 7.44. The summed E-state index contributed by atoms with van der Waals surface area (Å²) in [6.45, 7) is 8.49. The highest BCUT2D eigenvalue weighted by Crippen LogP contribution is 2.49. The van der Waals surface area contributed by atoms with Crippen LogP contribution in [-0.4, -0.2) is 10.7 Å². The molecule has 1 rings (SSSR count). The topological polar surface area (TPSA) is 20.2 Å². The highest BCUT2D eigenvalue weighted by atomic mass is 16.3. The smallest absolute Gasteiger partial charge is 0.0673 e. The van der Waals surface area contributed by atoms with Crippen LogP contribution in [0.2, 0.25) is 0 Å². The van der Waals surface area contributed by atoms with Crippen LogP contribution in [0.15, 0.2) is 0 Å². The summed E-state index contributed by atoms with van der Waals surface area (Å²) in [4.78, 5) is 0. The molecule has 0 saturated heterocycles. The molecule has 60 valence electrons. The molecule has 0 spiro atoms. The molecule has 0 bridgehead atoms. The van der Waals surface area contributed by atoms with E-state index in [4.69, 9.17) is 0 Å². The highest BCUT2D eigenvalue weighted by molar-refractivity contribution is 4.98. The molecular formula is C9H18O. The Balaban J connectivity index is 2.84. The molecule has 0 amide bonds. The first-order valence-corrected chi connectivity index (χ1v) is 4.10. The number of aliphatic hydroxyl groups is 1. The number of hydrogen-bond acceptors (Lipinski definition) is 1. The molecule has 0 radical (unpaired) electrons. The molecule has 1 N–H and O–H groups in total. The van der Waals surface area contributed by atoms with E-state index in [2.05, 4.69) is 20.8 Å². The largest absolute Gasteiger partial charge is 0.390 e. The molecule has 2 atom stereocenters. The lowest BCUT2D eigenvalue weighted by Gasteiger charge is -2.36. The van der Waals surface area contributed by atoms with Crippen molar-refractivity contribution < 1.29 is 5.11 Å². The van der Waals surface area contributed by atoms with Crippen LogP contribution in [-0.2, 0) is 0 Å². The van der Waals surface area contributed by atoms with E-state index in [1.54, 1.807) is 0 Å². The Morgan fingerprint density at radius 2 is 1.80 bits per heavy atom. The van der Waals surface area contributed by atoms with Gasteiger partial charge in [-0.1, -0.05) is 20.8 Å². The molecule has 2 unspecified atom stereocenters. The first-order chi connectivity index (χ1) is 4.38. The van der Waals surface area contributed by atoms with Crippen LogP contribution in [0.4, 0.5) is 0 Å². The predicted molar refractivity (Wildman–Crippen MR) is 42.8 cm³/mol. The van der Waals surface area contributed by atoms with Crippen LogP contribution in [0.25, 0.3) is 0 Å². The van der Waals surface area contributed by atoms with Gasteiger partial charge in [-0.05, 0) is 31.1 Å². The van der Waals surface area contributed by atoms with Crippen LogP contribution in [0.3, 0.4) is 0 Å². The second-order valence-electron chi connectivity index (χ2n) is 4.44. The summed E-state index contributed by atoms with van der Waals surface area (Å²) < 4.78 is 0. The van der Waals surface area contributed by atoms with E-state index in [1.807, 2.05) is 6.92 Å². The summed E-state index contributed by atoms with van der Waals surface area (Å²) in [7, 11) is 0. The van der Waals surface area contributed by atoms with Gasteiger partial charge in [0.15, 0.2) is 0 Å². The molecular weight excluding hydrogens is 124 g/mol. The third kappa shape index (κ3) is 0.878. The number of rotatable bonds is 0. The summed E-state index contributed by atoms with van der Waals surface area (Å²) in [6.07, 6.45) is 2.13. The third-order valence-corrected chi connectivity index (χ3v) is 3.68. The SMILES string of the molecule is CC1CCC(C)(O)C1(C)C. The normalized spacial score (nSPS) is 45.9. The van der Waals surface area contributed by atoms with Crippen molar-refractivity contribution >= 4 is 0 Å². The predicted octanol–water partition coefficient (Wildman–Crippen LogP) is 2.19. The van der Waals surface area contributed by atoms with Gasteiger partial charge in [0.25, 0.3) is 0 Å². The van der Waals surface area contributed by atoms with Crippen LogP contribution in [0.1, 0.15) is 40.5 Å². The number of hydrogen-bond donors (Lipinski definition) is 1. The van der Waals surface area contributed by atoms with Crippen molar-refractivity contribution in [3.8, 4) is 0 Å². The quantitative estimate of drug-likeness (QED) is 0.549. The average Bonchev–Trinajstić information content (AvgIpc) is 1.94. The molecule has 1 aliphatic carbocycles. The van der Waals surface area contributed by atoms with Crippen molar-refractivity contribution in [1.82, 2.24) is 0 Å². The molecule has 1 saturated carbocycles. The van der Waals surface area contributed by atoms with Crippen molar-refractivity contribution in [2.75, 3.05) is 0 Å². The molecule has 0 aromatic heterocycles. The van der Waals surface area contributed by atoms with Gasteiger partial charge >= 0.3 is 0 Å². The van der Waals surface area contributed by atoms with E-state index < -0.39 is 5.60 Å². The summed E-state index contributed by atoms with van der Waals surface area (Å²) in [5.74, 6) is 0.655. The Hall–Kier alpha value is -0.0400. The van der Waals surface area contributed by atoms with Crippen LogP contribution in [0.5, 0.6) is 0 Å². The maximum absolute atomic E-state index is 9.89. The molecule has 1 heteroatoms. The van der Waals surface area contributed by atoms with E-state index >= 15 is 0 Å². The van der Waals surface area contributed by atoms with Crippen molar-refractivity contribution in [2.24, 2.45) is 11.3 Å². The van der Waals surface area contributed by atoms with Crippen LogP contribution >= 0.6 is 0 Å². The van der Waals surface area contributed by atoms with E-state index in [0.717, 1.165) is 6.42 Å². The van der Waals surface area contributed by atoms with Crippen molar-refractivity contribution in [1.29, 1.82) is 0 Å². The third-order valence-electron chi connectivity index (χ3n) is 3.68. The van der Waals surface area contributed by atoms with Gasteiger partial charge in [0.1, 0.15) is 0 Å². The molecule has 1 aliphatic rings. The zero-order valence-electron chi connectivity index (χ0n) is 7.44. The molecule has 0 heterocycles. The fourth-order valence-electron chi connectivity index (χ4n) is 1.71. The van der Waals surface area contributed by atoms with Gasteiger partial charge in [0.05, 0.1) is 5.60 Å². The minimum Gasteiger partial charge on any atom is -0.390 e. The Bertz CT molecular complexity index is 136. The first-order valence-electron chi connectivity index (χ1n) is 4.10. The minimum absolute atomic E-state index is 0.104. The molecule has 1 nitrogen and oxygen atoms in total. The van der Waals surface area contributed by atoms with Gasteiger partial charge in [-0.2, -0.15) is 0 Å². The van der Waals surface area contributed by atoms with Gasteiger partial charge in [0, 0.05) is 0 Å². The Morgan fingerprint density at radius 3 is 1.90 bits per heavy atom. The van der Waals surface area contributed by atoms with Gasteiger partial charge in [-0.25, -0.2) is 0 Å². The summed E-state index contributed by atoms with van der Waals surface area (Å²) in [5.41, 5.74) is -0.334. The second-order valence-corrected chi connectivity index (χ2v) is 4.44. The lowest BCUT2D eigenvalue weighted by atomic mass is 9.74.